The average molecular weight is 390 g/mol. The average Bonchev–Trinajstić information content (AvgIpc) is 2.73. The Kier molecular flexibility index (Phi) is 6.24. The van der Waals surface area contributed by atoms with Gasteiger partial charge in [0.1, 0.15) is 0 Å². The highest BCUT2D eigenvalue weighted by molar-refractivity contribution is 6.05. The van der Waals surface area contributed by atoms with Crippen LogP contribution in [-0.4, -0.2) is 30.9 Å². The fraction of sp³-hybridized carbons (Fsp3) is 0.174. The maximum Gasteiger partial charge on any atom is 0.339 e. The number of hydrogen-bond acceptors (Lipinski definition) is 4. The molecule has 0 saturated heterocycles. The van der Waals surface area contributed by atoms with Crippen molar-refractivity contribution in [1.82, 2.24) is 5.32 Å². The summed E-state index contributed by atoms with van der Waals surface area (Å²) in [6, 6.07) is 18.4. The van der Waals surface area contributed by atoms with Gasteiger partial charge < -0.3 is 15.4 Å². The van der Waals surface area contributed by atoms with Crippen LogP contribution < -0.4 is 10.6 Å². The SMILES string of the molecule is Cc1cccc(NC(=O)CNC(=O)COC(=O)c2cccc3ccccc23)c1C. The molecule has 3 rings (SSSR count). The lowest BCUT2D eigenvalue weighted by Gasteiger charge is -2.11. The first-order valence-electron chi connectivity index (χ1n) is 9.23. The summed E-state index contributed by atoms with van der Waals surface area (Å²) < 4.78 is 5.10. The van der Waals surface area contributed by atoms with Crippen LogP contribution >= 0.6 is 0 Å². The molecule has 0 atom stereocenters. The molecule has 6 nitrogen and oxygen atoms in total. The van der Waals surface area contributed by atoms with Gasteiger partial charge in [-0.05, 0) is 47.9 Å². The summed E-state index contributed by atoms with van der Waals surface area (Å²) in [6.07, 6.45) is 0. The highest BCUT2D eigenvalue weighted by atomic mass is 16.5. The lowest BCUT2D eigenvalue weighted by Crippen LogP contribution is -2.35. The van der Waals surface area contributed by atoms with E-state index in [1.165, 1.54) is 0 Å². The summed E-state index contributed by atoms with van der Waals surface area (Å²) in [5.41, 5.74) is 3.12. The van der Waals surface area contributed by atoms with Crippen LogP contribution in [0.25, 0.3) is 10.8 Å². The van der Waals surface area contributed by atoms with Gasteiger partial charge in [0.2, 0.25) is 5.91 Å². The maximum atomic E-state index is 12.3. The second-order valence-corrected chi connectivity index (χ2v) is 6.68. The van der Waals surface area contributed by atoms with E-state index in [-0.39, 0.29) is 12.5 Å². The molecule has 2 amide bonds. The molecule has 3 aromatic carbocycles. The van der Waals surface area contributed by atoms with Crippen molar-refractivity contribution in [2.24, 2.45) is 0 Å². The number of carbonyl (C=O) groups excluding carboxylic acids is 3. The van der Waals surface area contributed by atoms with E-state index >= 15 is 0 Å². The molecule has 0 heterocycles. The molecule has 0 aromatic heterocycles. The van der Waals surface area contributed by atoms with Crippen LogP contribution in [0, 0.1) is 13.8 Å². The van der Waals surface area contributed by atoms with E-state index in [0.717, 1.165) is 21.9 Å². The number of hydrogen-bond donors (Lipinski definition) is 2. The summed E-state index contributed by atoms with van der Waals surface area (Å²) in [5.74, 6) is -1.49. The van der Waals surface area contributed by atoms with Crippen molar-refractivity contribution in [3.05, 3.63) is 77.4 Å². The molecule has 6 heteroatoms. The molecule has 3 aromatic rings. The van der Waals surface area contributed by atoms with E-state index in [9.17, 15) is 14.4 Å². The van der Waals surface area contributed by atoms with Gasteiger partial charge in [0, 0.05) is 5.69 Å². The van der Waals surface area contributed by atoms with Crippen molar-refractivity contribution in [2.75, 3.05) is 18.5 Å². The fourth-order valence-corrected chi connectivity index (χ4v) is 2.92. The van der Waals surface area contributed by atoms with Crippen LogP contribution in [0.3, 0.4) is 0 Å². The van der Waals surface area contributed by atoms with Crippen molar-refractivity contribution in [3.63, 3.8) is 0 Å². The molecule has 0 aliphatic carbocycles. The highest BCUT2D eigenvalue weighted by Gasteiger charge is 2.14. The van der Waals surface area contributed by atoms with Gasteiger partial charge >= 0.3 is 5.97 Å². The van der Waals surface area contributed by atoms with Gasteiger partial charge in [-0.3, -0.25) is 9.59 Å². The number of anilines is 1. The number of nitrogens with one attached hydrogen (secondary N) is 2. The minimum atomic E-state index is -0.586. The topological polar surface area (TPSA) is 84.5 Å². The lowest BCUT2D eigenvalue weighted by atomic mass is 10.1. The second kappa shape index (κ2) is 9.01. The van der Waals surface area contributed by atoms with Gasteiger partial charge in [0.05, 0.1) is 12.1 Å². The van der Waals surface area contributed by atoms with E-state index in [2.05, 4.69) is 10.6 Å². The number of rotatable bonds is 6. The predicted octanol–water partition coefficient (Wildman–Crippen LogP) is 3.37. The first-order valence-corrected chi connectivity index (χ1v) is 9.23. The first kappa shape index (κ1) is 20.1. The molecule has 148 valence electrons. The highest BCUT2D eigenvalue weighted by Crippen LogP contribution is 2.19. The van der Waals surface area contributed by atoms with Crippen LogP contribution in [-0.2, 0) is 14.3 Å². The summed E-state index contributed by atoms with van der Waals surface area (Å²) in [4.78, 5) is 36.3. The minimum Gasteiger partial charge on any atom is -0.452 e. The standard InChI is InChI=1S/C23H22N2O4/c1-15-7-5-12-20(16(15)2)25-21(26)13-24-22(27)14-29-23(28)19-11-6-9-17-8-3-4-10-18(17)19/h3-12H,13-14H2,1-2H3,(H,24,27)(H,25,26). The van der Waals surface area contributed by atoms with Crippen LogP contribution in [0.4, 0.5) is 5.69 Å². The molecule has 0 unspecified atom stereocenters. The number of ether oxygens (including phenoxy) is 1. The van der Waals surface area contributed by atoms with Gasteiger partial charge in [-0.15, -0.1) is 0 Å². The molecule has 0 fully saturated rings. The summed E-state index contributed by atoms with van der Waals surface area (Å²) in [7, 11) is 0. The molecular weight excluding hydrogens is 368 g/mol. The quantitative estimate of drug-likeness (QED) is 0.632. The van der Waals surface area contributed by atoms with Crippen molar-refractivity contribution in [1.29, 1.82) is 0 Å². The molecule has 0 spiro atoms. The molecule has 0 bridgehead atoms. The van der Waals surface area contributed by atoms with E-state index in [0.29, 0.717) is 11.3 Å². The van der Waals surface area contributed by atoms with E-state index < -0.39 is 18.5 Å². The Morgan fingerprint density at radius 1 is 0.862 bits per heavy atom. The summed E-state index contributed by atoms with van der Waals surface area (Å²) in [6.45, 7) is 3.20. The zero-order valence-corrected chi connectivity index (χ0v) is 16.3. The number of amides is 2. The molecule has 2 N–H and O–H groups in total. The third-order valence-electron chi connectivity index (χ3n) is 4.67. The minimum absolute atomic E-state index is 0.210. The van der Waals surface area contributed by atoms with Crippen LogP contribution in [0.2, 0.25) is 0 Å². The Bertz CT molecular complexity index is 1070. The number of aryl methyl sites for hydroxylation is 1. The Hall–Kier alpha value is -3.67. The monoisotopic (exact) mass is 390 g/mol. The molecule has 0 radical (unpaired) electrons. The lowest BCUT2D eigenvalue weighted by molar-refractivity contribution is -0.126. The van der Waals surface area contributed by atoms with E-state index in [1.54, 1.807) is 18.2 Å². The molecule has 0 saturated carbocycles. The van der Waals surface area contributed by atoms with Crippen LogP contribution in [0.1, 0.15) is 21.5 Å². The number of fused-ring (bicyclic) bond motifs is 1. The molecule has 29 heavy (non-hydrogen) atoms. The van der Waals surface area contributed by atoms with Crippen molar-refractivity contribution in [2.45, 2.75) is 13.8 Å². The fourth-order valence-electron chi connectivity index (χ4n) is 2.92. The largest absolute Gasteiger partial charge is 0.452 e. The Morgan fingerprint density at radius 3 is 2.41 bits per heavy atom. The summed E-state index contributed by atoms with van der Waals surface area (Å²) in [5, 5.41) is 6.88. The van der Waals surface area contributed by atoms with Gasteiger partial charge in [-0.2, -0.15) is 0 Å². The molecule has 0 aliphatic heterocycles. The van der Waals surface area contributed by atoms with Crippen LogP contribution in [0.5, 0.6) is 0 Å². The third kappa shape index (κ3) is 4.99. The molecule has 0 aliphatic rings. The second-order valence-electron chi connectivity index (χ2n) is 6.68. The van der Waals surface area contributed by atoms with Gasteiger partial charge in [0.25, 0.3) is 5.91 Å². The van der Waals surface area contributed by atoms with Gasteiger partial charge in [-0.25, -0.2) is 4.79 Å². The van der Waals surface area contributed by atoms with Crippen molar-refractivity contribution >= 4 is 34.2 Å². The van der Waals surface area contributed by atoms with Crippen molar-refractivity contribution in [3.8, 4) is 0 Å². The Morgan fingerprint density at radius 2 is 1.59 bits per heavy atom. The first-order chi connectivity index (χ1) is 14.0. The number of carbonyl (C=O) groups is 3. The Labute approximate surface area is 168 Å². The maximum absolute atomic E-state index is 12.3. The van der Waals surface area contributed by atoms with Gasteiger partial charge in [-0.1, -0.05) is 48.5 Å². The number of esters is 1. The zero-order chi connectivity index (χ0) is 20.8. The summed E-state index contributed by atoms with van der Waals surface area (Å²) >= 11 is 0. The Balaban J connectivity index is 1.50. The predicted molar refractivity (Wildman–Crippen MR) is 112 cm³/mol. The van der Waals surface area contributed by atoms with Crippen molar-refractivity contribution < 1.29 is 19.1 Å². The normalized spacial score (nSPS) is 10.4. The van der Waals surface area contributed by atoms with E-state index in [1.807, 2.05) is 56.3 Å². The number of benzene rings is 3. The smallest absolute Gasteiger partial charge is 0.339 e. The van der Waals surface area contributed by atoms with Gasteiger partial charge in [0.15, 0.2) is 6.61 Å². The third-order valence-corrected chi connectivity index (χ3v) is 4.67. The zero-order valence-electron chi connectivity index (χ0n) is 16.3. The molecular formula is C23H22N2O4. The van der Waals surface area contributed by atoms with E-state index in [4.69, 9.17) is 4.74 Å². The van der Waals surface area contributed by atoms with Crippen LogP contribution in [0.15, 0.2) is 60.7 Å².